The van der Waals surface area contributed by atoms with Crippen LogP contribution in [0.5, 0.6) is 5.19 Å². The van der Waals surface area contributed by atoms with Crippen molar-refractivity contribution in [2.24, 2.45) is 5.73 Å². The van der Waals surface area contributed by atoms with Crippen LogP contribution in [0.3, 0.4) is 0 Å². The first-order valence-electron chi connectivity index (χ1n) is 3.25. The van der Waals surface area contributed by atoms with E-state index in [0.29, 0.717) is 18.2 Å². The van der Waals surface area contributed by atoms with Gasteiger partial charge in [0.05, 0.1) is 6.61 Å². The molecule has 4 nitrogen and oxygen atoms in total. The Hall–Kier alpha value is -0.650. The predicted octanol–water partition coefficient (Wildman–Crippen LogP) is 0.189. The summed E-state index contributed by atoms with van der Waals surface area (Å²) in [6, 6.07) is 0. The van der Waals surface area contributed by atoms with Gasteiger partial charge < -0.3 is 15.6 Å². The average Bonchev–Trinajstić information content (AvgIpc) is 2.39. The summed E-state index contributed by atoms with van der Waals surface area (Å²) < 4.78 is 5.12. The molecule has 0 saturated carbocycles. The van der Waals surface area contributed by atoms with Crippen LogP contribution in [-0.2, 0) is 0 Å². The molecule has 62 valence electrons. The van der Waals surface area contributed by atoms with E-state index in [-0.39, 0.29) is 0 Å². The zero-order valence-electron chi connectivity index (χ0n) is 5.93. The van der Waals surface area contributed by atoms with Crippen LogP contribution in [-0.4, -0.2) is 22.9 Å². The van der Waals surface area contributed by atoms with Crippen molar-refractivity contribution in [2.45, 2.75) is 12.6 Å². The Balaban J connectivity index is 2.14. The van der Waals surface area contributed by atoms with Gasteiger partial charge in [-0.2, -0.15) is 0 Å². The van der Waals surface area contributed by atoms with Gasteiger partial charge in [-0.15, -0.1) is 0 Å². The summed E-state index contributed by atoms with van der Waals surface area (Å²) in [7, 11) is 0. The van der Waals surface area contributed by atoms with Gasteiger partial charge in [-0.1, -0.05) is 11.3 Å². The maximum Gasteiger partial charge on any atom is 0.273 e. The fourth-order valence-corrected chi connectivity index (χ4v) is 1.06. The lowest BCUT2D eigenvalue weighted by Crippen LogP contribution is -2.21. The van der Waals surface area contributed by atoms with Crippen molar-refractivity contribution in [2.75, 3.05) is 6.61 Å². The second kappa shape index (κ2) is 4.27. The third-order valence-corrected chi connectivity index (χ3v) is 1.73. The van der Waals surface area contributed by atoms with Gasteiger partial charge in [-0.05, 0) is 0 Å². The van der Waals surface area contributed by atoms with Crippen LogP contribution in [0.1, 0.15) is 6.42 Å². The molecule has 0 aromatic carbocycles. The molecular formula is C6H10N2O2S. The number of aliphatic hydroxyl groups excluding tert-OH is 1. The number of aromatic nitrogens is 1. The van der Waals surface area contributed by atoms with Crippen LogP contribution in [0.25, 0.3) is 0 Å². The highest BCUT2D eigenvalue weighted by Gasteiger charge is 1.98. The standard InChI is InChI=1S/C6H10N2O2S/c7-5(9)1-3-10-6-8-2-4-11-6/h2,4-5,9H,1,3,7H2. The summed E-state index contributed by atoms with van der Waals surface area (Å²) in [4.78, 5) is 3.89. The molecular weight excluding hydrogens is 164 g/mol. The smallest absolute Gasteiger partial charge is 0.273 e. The van der Waals surface area contributed by atoms with E-state index in [4.69, 9.17) is 15.6 Å². The molecule has 0 bridgehead atoms. The second-order valence-corrected chi connectivity index (χ2v) is 2.86. The van der Waals surface area contributed by atoms with Crippen molar-refractivity contribution in [1.82, 2.24) is 4.98 Å². The van der Waals surface area contributed by atoms with Crippen molar-refractivity contribution in [3.63, 3.8) is 0 Å². The molecule has 1 heterocycles. The van der Waals surface area contributed by atoms with Crippen LogP contribution in [0, 0.1) is 0 Å². The molecule has 0 fully saturated rings. The lowest BCUT2D eigenvalue weighted by molar-refractivity contribution is 0.145. The summed E-state index contributed by atoms with van der Waals surface area (Å²) in [6.45, 7) is 0.408. The number of ether oxygens (including phenoxy) is 1. The van der Waals surface area contributed by atoms with E-state index in [1.165, 1.54) is 11.3 Å². The minimum atomic E-state index is -0.796. The SMILES string of the molecule is NC(O)CCOc1nccs1. The Morgan fingerprint density at radius 2 is 2.64 bits per heavy atom. The van der Waals surface area contributed by atoms with Gasteiger partial charge in [0, 0.05) is 18.0 Å². The third kappa shape index (κ3) is 3.31. The molecule has 1 aromatic heterocycles. The van der Waals surface area contributed by atoms with Gasteiger partial charge in [0.2, 0.25) is 0 Å². The molecule has 1 rings (SSSR count). The summed E-state index contributed by atoms with van der Waals surface area (Å²) in [6.07, 6.45) is 1.30. The van der Waals surface area contributed by atoms with E-state index in [2.05, 4.69) is 4.98 Å². The molecule has 0 spiro atoms. The molecule has 0 aliphatic carbocycles. The van der Waals surface area contributed by atoms with Gasteiger partial charge in [0.1, 0.15) is 6.23 Å². The normalized spacial score (nSPS) is 12.9. The lowest BCUT2D eigenvalue weighted by Gasteiger charge is -2.03. The number of aliphatic hydroxyl groups is 1. The molecule has 0 aliphatic rings. The third-order valence-electron chi connectivity index (χ3n) is 1.05. The predicted molar refractivity (Wildman–Crippen MR) is 42.4 cm³/mol. The van der Waals surface area contributed by atoms with E-state index < -0.39 is 6.23 Å². The first-order valence-corrected chi connectivity index (χ1v) is 4.13. The molecule has 0 aliphatic heterocycles. The summed E-state index contributed by atoms with van der Waals surface area (Å²) in [5, 5.41) is 11.1. The maximum absolute atomic E-state index is 8.66. The second-order valence-electron chi connectivity index (χ2n) is 2.00. The number of hydrogen-bond donors (Lipinski definition) is 2. The van der Waals surface area contributed by atoms with Crippen LogP contribution in [0.15, 0.2) is 11.6 Å². The fourth-order valence-electron chi connectivity index (χ4n) is 0.549. The molecule has 0 amide bonds. The molecule has 0 radical (unpaired) electrons. The Morgan fingerprint density at radius 1 is 1.82 bits per heavy atom. The molecule has 3 N–H and O–H groups in total. The molecule has 5 heteroatoms. The zero-order chi connectivity index (χ0) is 8.10. The molecule has 11 heavy (non-hydrogen) atoms. The van der Waals surface area contributed by atoms with E-state index in [0.717, 1.165) is 0 Å². The molecule has 1 aromatic rings. The first kappa shape index (κ1) is 8.45. The van der Waals surface area contributed by atoms with Crippen molar-refractivity contribution in [3.05, 3.63) is 11.6 Å². The largest absolute Gasteiger partial charge is 0.470 e. The van der Waals surface area contributed by atoms with Gasteiger partial charge >= 0.3 is 0 Å². The van der Waals surface area contributed by atoms with Gasteiger partial charge in [-0.25, -0.2) is 4.98 Å². The van der Waals surface area contributed by atoms with Crippen molar-refractivity contribution < 1.29 is 9.84 Å². The van der Waals surface area contributed by atoms with Gasteiger partial charge in [-0.3, -0.25) is 0 Å². The van der Waals surface area contributed by atoms with Gasteiger partial charge in [0.25, 0.3) is 5.19 Å². The summed E-state index contributed by atoms with van der Waals surface area (Å²) in [5.74, 6) is 0. The van der Waals surface area contributed by atoms with Crippen molar-refractivity contribution in [3.8, 4) is 5.19 Å². The van der Waals surface area contributed by atoms with Crippen LogP contribution >= 0.6 is 11.3 Å². The highest BCUT2D eigenvalue weighted by Crippen LogP contribution is 2.13. The minimum absolute atomic E-state index is 0.408. The zero-order valence-corrected chi connectivity index (χ0v) is 6.75. The number of rotatable bonds is 4. The summed E-state index contributed by atoms with van der Waals surface area (Å²) >= 11 is 1.42. The molecule has 1 unspecified atom stereocenters. The Kier molecular flexibility index (Phi) is 3.28. The topological polar surface area (TPSA) is 68.4 Å². The van der Waals surface area contributed by atoms with E-state index >= 15 is 0 Å². The minimum Gasteiger partial charge on any atom is -0.470 e. The van der Waals surface area contributed by atoms with E-state index in [9.17, 15) is 0 Å². The quantitative estimate of drug-likeness (QED) is 0.639. The Morgan fingerprint density at radius 3 is 3.18 bits per heavy atom. The average molecular weight is 174 g/mol. The van der Waals surface area contributed by atoms with Crippen LogP contribution in [0.2, 0.25) is 0 Å². The fraction of sp³-hybridized carbons (Fsp3) is 0.500. The number of nitrogens with zero attached hydrogens (tertiary/aromatic N) is 1. The monoisotopic (exact) mass is 174 g/mol. The van der Waals surface area contributed by atoms with E-state index in [1.807, 2.05) is 5.38 Å². The van der Waals surface area contributed by atoms with Crippen LogP contribution in [0.4, 0.5) is 0 Å². The van der Waals surface area contributed by atoms with Gasteiger partial charge in [0.15, 0.2) is 0 Å². The van der Waals surface area contributed by atoms with E-state index in [1.54, 1.807) is 6.20 Å². The molecule has 0 saturated heterocycles. The first-order chi connectivity index (χ1) is 5.29. The highest BCUT2D eigenvalue weighted by atomic mass is 32.1. The number of nitrogens with two attached hydrogens (primary N) is 1. The molecule has 1 atom stereocenters. The van der Waals surface area contributed by atoms with Crippen molar-refractivity contribution >= 4 is 11.3 Å². The highest BCUT2D eigenvalue weighted by molar-refractivity contribution is 7.11. The Labute approximate surface area is 68.6 Å². The lowest BCUT2D eigenvalue weighted by atomic mass is 10.4. The number of thiazole rings is 1. The van der Waals surface area contributed by atoms with Crippen LogP contribution < -0.4 is 10.5 Å². The maximum atomic E-state index is 8.66. The summed E-state index contributed by atoms with van der Waals surface area (Å²) in [5.41, 5.74) is 5.09. The number of hydrogen-bond acceptors (Lipinski definition) is 5. The van der Waals surface area contributed by atoms with Crippen molar-refractivity contribution in [1.29, 1.82) is 0 Å². The Bertz CT molecular complexity index is 188.